The minimum Gasteiger partial charge on any atom is -0.399 e. The number of aromatic nitrogens is 3. The number of nitrogens with two attached hydrogens (primary N) is 1. The van der Waals surface area contributed by atoms with E-state index in [9.17, 15) is 4.79 Å². The molecular weight excluding hydrogens is 383 g/mol. The Bertz CT molecular complexity index is 1320. The highest BCUT2D eigenvalue weighted by Gasteiger charge is 2.20. The van der Waals surface area contributed by atoms with E-state index < -0.39 is 0 Å². The lowest BCUT2D eigenvalue weighted by Gasteiger charge is -2.30. The molecule has 0 unspecified atom stereocenters. The zero-order chi connectivity index (χ0) is 20.8. The number of piperazine rings is 1. The van der Waals surface area contributed by atoms with Crippen molar-refractivity contribution in [1.29, 1.82) is 0 Å². The maximum absolute atomic E-state index is 15.0. The molecule has 4 N–H and O–H groups in total. The van der Waals surface area contributed by atoms with Gasteiger partial charge in [-0.15, -0.1) is 0 Å². The van der Waals surface area contributed by atoms with Gasteiger partial charge in [0.15, 0.2) is 5.43 Å². The number of imidazole rings is 1. The maximum Gasteiger partial charge on any atom is 0.200 e. The molecule has 2 aromatic heterocycles. The van der Waals surface area contributed by atoms with Crippen LogP contribution in [0.5, 0.6) is 0 Å². The quantitative estimate of drug-likeness (QED) is 0.455. The first-order valence-corrected chi connectivity index (χ1v) is 10.1. The fourth-order valence-corrected chi connectivity index (χ4v) is 4.13. The molecule has 0 saturated carbocycles. The molecule has 0 radical (unpaired) electrons. The number of pyridine rings is 1. The highest BCUT2D eigenvalue weighted by Crippen LogP contribution is 2.28. The molecule has 3 heterocycles. The van der Waals surface area contributed by atoms with E-state index in [1.807, 2.05) is 22.5 Å². The Balaban J connectivity index is 1.70. The predicted molar refractivity (Wildman–Crippen MR) is 118 cm³/mol. The van der Waals surface area contributed by atoms with Crippen LogP contribution in [0.1, 0.15) is 6.92 Å². The van der Waals surface area contributed by atoms with Crippen molar-refractivity contribution in [2.45, 2.75) is 13.5 Å². The Morgan fingerprint density at radius 2 is 2.00 bits per heavy atom. The normalized spacial score (nSPS) is 14.7. The molecule has 7 nitrogen and oxygen atoms in total. The van der Waals surface area contributed by atoms with Gasteiger partial charge >= 0.3 is 0 Å². The number of halogens is 1. The van der Waals surface area contributed by atoms with Crippen molar-refractivity contribution in [1.82, 2.24) is 19.9 Å². The number of rotatable bonds is 3. The summed E-state index contributed by atoms with van der Waals surface area (Å²) in [4.78, 5) is 23.0. The molecule has 8 heteroatoms. The molecule has 0 bridgehead atoms. The van der Waals surface area contributed by atoms with Crippen LogP contribution in [0.25, 0.3) is 33.3 Å². The van der Waals surface area contributed by atoms with Crippen molar-refractivity contribution in [2.75, 3.05) is 36.8 Å². The minimum absolute atomic E-state index is 0.243. The molecule has 0 amide bonds. The molecule has 1 fully saturated rings. The SMILES string of the molecule is CCn1cc(-c2nc3ccc(N)cc3[nH]2)c(=O)c2cc(F)c(N3CCNCC3)cc21. The second kappa shape index (κ2) is 7.14. The lowest BCUT2D eigenvalue weighted by atomic mass is 10.1. The summed E-state index contributed by atoms with van der Waals surface area (Å²) in [6.45, 7) is 5.74. The molecule has 0 atom stereocenters. The molecule has 4 aromatic rings. The summed E-state index contributed by atoms with van der Waals surface area (Å²) < 4.78 is 17.0. The van der Waals surface area contributed by atoms with E-state index in [2.05, 4.69) is 15.3 Å². The summed E-state index contributed by atoms with van der Waals surface area (Å²) in [6.07, 6.45) is 1.80. The number of aryl methyl sites for hydroxylation is 1. The molecule has 30 heavy (non-hydrogen) atoms. The van der Waals surface area contributed by atoms with Crippen LogP contribution in [0.3, 0.4) is 0 Å². The third-order valence-electron chi connectivity index (χ3n) is 5.71. The Hall–Kier alpha value is -3.39. The van der Waals surface area contributed by atoms with Crippen LogP contribution in [0.2, 0.25) is 0 Å². The molecule has 1 aliphatic rings. The molecule has 0 spiro atoms. The van der Waals surface area contributed by atoms with Gasteiger partial charge in [-0.3, -0.25) is 4.79 Å². The van der Waals surface area contributed by atoms with Crippen molar-refractivity contribution in [2.24, 2.45) is 0 Å². The number of H-pyrrole nitrogens is 1. The number of hydrogen-bond donors (Lipinski definition) is 3. The van der Waals surface area contributed by atoms with Crippen LogP contribution in [0, 0.1) is 5.82 Å². The second-order valence-electron chi connectivity index (χ2n) is 7.58. The first-order valence-electron chi connectivity index (χ1n) is 10.1. The summed E-state index contributed by atoms with van der Waals surface area (Å²) in [6, 6.07) is 8.52. The molecule has 1 saturated heterocycles. The summed E-state index contributed by atoms with van der Waals surface area (Å²) in [5.41, 5.74) is 9.38. The van der Waals surface area contributed by atoms with Gasteiger partial charge in [-0.05, 0) is 37.3 Å². The van der Waals surface area contributed by atoms with E-state index in [1.165, 1.54) is 6.07 Å². The Kier molecular flexibility index (Phi) is 4.43. The molecular formula is C22H23FN6O. The molecule has 0 aliphatic carbocycles. The van der Waals surface area contributed by atoms with Crippen molar-refractivity contribution in [3.05, 3.63) is 52.6 Å². The van der Waals surface area contributed by atoms with Gasteiger partial charge in [0.05, 0.1) is 27.8 Å². The third kappa shape index (κ3) is 3.00. The Labute approximate surface area is 172 Å². The number of nitrogens with one attached hydrogen (secondary N) is 2. The van der Waals surface area contributed by atoms with E-state index >= 15 is 4.39 Å². The van der Waals surface area contributed by atoms with Gasteiger partial charge in [0.2, 0.25) is 0 Å². The van der Waals surface area contributed by atoms with Gasteiger partial charge in [0, 0.05) is 50.0 Å². The van der Waals surface area contributed by atoms with Crippen LogP contribution in [0.15, 0.2) is 41.3 Å². The summed E-state index contributed by atoms with van der Waals surface area (Å²) in [5.74, 6) is 0.0787. The zero-order valence-electron chi connectivity index (χ0n) is 16.7. The van der Waals surface area contributed by atoms with Gasteiger partial charge in [-0.2, -0.15) is 0 Å². The largest absolute Gasteiger partial charge is 0.399 e. The van der Waals surface area contributed by atoms with Crippen molar-refractivity contribution in [3.63, 3.8) is 0 Å². The van der Waals surface area contributed by atoms with Crippen LogP contribution >= 0.6 is 0 Å². The first kappa shape index (κ1) is 18.6. The van der Waals surface area contributed by atoms with Crippen LogP contribution < -0.4 is 21.4 Å². The smallest absolute Gasteiger partial charge is 0.200 e. The number of anilines is 2. The topological polar surface area (TPSA) is 92.0 Å². The number of benzene rings is 2. The summed E-state index contributed by atoms with van der Waals surface area (Å²) in [7, 11) is 0. The summed E-state index contributed by atoms with van der Waals surface area (Å²) >= 11 is 0. The van der Waals surface area contributed by atoms with Crippen molar-refractivity contribution < 1.29 is 4.39 Å². The van der Waals surface area contributed by atoms with E-state index in [0.717, 1.165) is 42.7 Å². The van der Waals surface area contributed by atoms with Crippen LogP contribution in [0.4, 0.5) is 15.8 Å². The van der Waals surface area contributed by atoms with Crippen LogP contribution in [-0.2, 0) is 6.54 Å². The van der Waals surface area contributed by atoms with Gasteiger partial charge in [-0.1, -0.05) is 0 Å². The van der Waals surface area contributed by atoms with E-state index in [-0.39, 0.29) is 11.2 Å². The maximum atomic E-state index is 15.0. The molecule has 5 rings (SSSR count). The number of aromatic amines is 1. The minimum atomic E-state index is -0.376. The molecule has 2 aromatic carbocycles. The zero-order valence-corrected chi connectivity index (χ0v) is 16.7. The standard InChI is InChI=1S/C22H23FN6O/c1-2-28-12-15(22-26-17-4-3-13(24)9-18(17)27-22)21(30)14-10-16(23)20(11-19(14)28)29-7-5-25-6-8-29/h3-4,9-12,25H,2,5-8,24H2,1H3,(H,26,27). The highest BCUT2D eigenvalue weighted by atomic mass is 19.1. The van der Waals surface area contributed by atoms with Crippen LogP contribution in [-0.4, -0.2) is 40.7 Å². The van der Waals surface area contributed by atoms with E-state index in [1.54, 1.807) is 24.4 Å². The van der Waals surface area contributed by atoms with Crippen molar-refractivity contribution >= 4 is 33.3 Å². The van der Waals surface area contributed by atoms with Gasteiger partial charge in [-0.25, -0.2) is 9.37 Å². The van der Waals surface area contributed by atoms with E-state index in [4.69, 9.17) is 5.73 Å². The fraction of sp³-hybridized carbons (Fsp3) is 0.273. The average molecular weight is 406 g/mol. The number of fused-ring (bicyclic) bond motifs is 2. The number of nitrogen functional groups attached to an aromatic ring is 1. The molecule has 154 valence electrons. The van der Waals surface area contributed by atoms with Gasteiger partial charge in [0.1, 0.15) is 11.6 Å². The average Bonchev–Trinajstić information content (AvgIpc) is 3.17. The van der Waals surface area contributed by atoms with Gasteiger partial charge < -0.3 is 25.5 Å². The Morgan fingerprint density at radius 1 is 1.20 bits per heavy atom. The first-order chi connectivity index (χ1) is 14.5. The number of hydrogen-bond acceptors (Lipinski definition) is 5. The third-order valence-corrected chi connectivity index (χ3v) is 5.71. The monoisotopic (exact) mass is 406 g/mol. The fourth-order valence-electron chi connectivity index (χ4n) is 4.13. The van der Waals surface area contributed by atoms with E-state index in [0.29, 0.717) is 34.7 Å². The second-order valence-corrected chi connectivity index (χ2v) is 7.58. The molecule has 1 aliphatic heterocycles. The van der Waals surface area contributed by atoms with Gasteiger partial charge in [0.25, 0.3) is 0 Å². The van der Waals surface area contributed by atoms with Crippen molar-refractivity contribution in [3.8, 4) is 11.4 Å². The predicted octanol–water partition coefficient (Wildman–Crippen LogP) is 2.70. The lowest BCUT2D eigenvalue weighted by Crippen LogP contribution is -2.43. The summed E-state index contributed by atoms with van der Waals surface area (Å²) in [5, 5.41) is 3.63. The Morgan fingerprint density at radius 3 is 2.77 bits per heavy atom. The lowest BCUT2D eigenvalue weighted by molar-refractivity contribution is 0.567. The highest BCUT2D eigenvalue weighted by molar-refractivity contribution is 5.88. The number of nitrogens with zero attached hydrogens (tertiary/aromatic N) is 3.